The maximum absolute atomic E-state index is 17.3. The molecule has 2 N–H and O–H groups in total. The van der Waals surface area contributed by atoms with Crippen LogP contribution in [-0.4, -0.2) is 113 Å². The van der Waals surface area contributed by atoms with Gasteiger partial charge in [0.15, 0.2) is 5.82 Å². The number of nitrogens with zero attached hydrogens (tertiary/aromatic N) is 6. The Bertz CT molecular complexity index is 2030. The van der Waals surface area contributed by atoms with Crippen LogP contribution in [0.1, 0.15) is 70.3 Å². The van der Waals surface area contributed by atoms with E-state index < -0.39 is 11.4 Å². The maximum atomic E-state index is 17.3. The molecule has 3 aliphatic heterocycles. The van der Waals surface area contributed by atoms with Crippen LogP contribution in [0.5, 0.6) is 11.9 Å². The van der Waals surface area contributed by atoms with Crippen molar-refractivity contribution in [1.29, 1.82) is 0 Å². The number of pyridine rings is 1. The number of methoxy groups -OCH3 is 1. The number of aryl methyl sites for hydroxylation is 1. The van der Waals surface area contributed by atoms with Gasteiger partial charge in [-0.25, -0.2) is 9.37 Å². The second kappa shape index (κ2) is 13.4. The summed E-state index contributed by atoms with van der Waals surface area (Å²) in [5, 5.41) is 19.6. The molecule has 4 aromatic rings. The number of H-pyrrole nitrogens is 1. The van der Waals surface area contributed by atoms with Gasteiger partial charge in [0.25, 0.3) is 0 Å². The van der Waals surface area contributed by atoms with E-state index in [-0.39, 0.29) is 41.7 Å². The lowest BCUT2D eigenvalue weighted by Crippen LogP contribution is -2.57. The molecule has 12 nitrogen and oxygen atoms in total. The van der Waals surface area contributed by atoms with Gasteiger partial charge in [-0.3, -0.25) is 10.00 Å². The SMILES string of the molecule is COc1nc(-c2c(Cl)c(C)cc3[nH]ncc23)c(F)c2nc(OCC34CCCC3N(C3CCC5(CC3)COC5)CCC4)nc(N3CCOCC(C)(O)C3)c12. The number of benzene rings is 1. The molecule has 284 valence electrons. The third-order valence-electron chi connectivity index (χ3n) is 12.9. The van der Waals surface area contributed by atoms with Crippen LogP contribution < -0.4 is 14.4 Å². The van der Waals surface area contributed by atoms with Gasteiger partial charge in [-0.1, -0.05) is 18.0 Å². The highest BCUT2D eigenvalue weighted by Crippen LogP contribution is 2.52. The number of hydrogen-bond donors (Lipinski definition) is 2. The third kappa shape index (κ3) is 6.11. The minimum Gasteiger partial charge on any atom is -0.480 e. The fourth-order valence-electron chi connectivity index (χ4n) is 10.1. The van der Waals surface area contributed by atoms with Crippen LogP contribution in [0.3, 0.4) is 0 Å². The van der Waals surface area contributed by atoms with Crippen LogP contribution in [0.2, 0.25) is 5.02 Å². The van der Waals surface area contributed by atoms with Gasteiger partial charge in [0.2, 0.25) is 5.88 Å². The summed E-state index contributed by atoms with van der Waals surface area (Å²) in [6, 6.07) is 2.98. The smallest absolute Gasteiger partial charge is 0.319 e. The van der Waals surface area contributed by atoms with Gasteiger partial charge in [0, 0.05) is 40.4 Å². The first-order valence-corrected chi connectivity index (χ1v) is 19.6. The number of piperidine rings is 1. The summed E-state index contributed by atoms with van der Waals surface area (Å²) in [6.45, 7) is 8.10. The van der Waals surface area contributed by atoms with Crippen molar-refractivity contribution in [3.63, 3.8) is 0 Å². The largest absolute Gasteiger partial charge is 0.480 e. The molecule has 0 bridgehead atoms. The van der Waals surface area contributed by atoms with Gasteiger partial charge in [0.05, 0.1) is 63.4 Å². The summed E-state index contributed by atoms with van der Waals surface area (Å²) in [6.07, 6.45) is 12.2. The van der Waals surface area contributed by atoms with E-state index >= 15 is 4.39 Å². The number of halogens is 2. The molecular formula is C39H49ClFN7O5. The summed E-state index contributed by atoms with van der Waals surface area (Å²) in [5.74, 6) is -0.164. The van der Waals surface area contributed by atoms with Gasteiger partial charge in [-0.15, -0.1) is 0 Å². The molecule has 0 amide bonds. The Labute approximate surface area is 313 Å². The quantitative estimate of drug-likeness (QED) is 0.223. The molecule has 14 heteroatoms. The molecule has 2 saturated carbocycles. The summed E-state index contributed by atoms with van der Waals surface area (Å²) in [5.41, 5.74) is 1.06. The van der Waals surface area contributed by atoms with Crippen LogP contribution in [0.25, 0.3) is 33.1 Å². The van der Waals surface area contributed by atoms with Crippen molar-refractivity contribution in [1.82, 2.24) is 30.0 Å². The van der Waals surface area contributed by atoms with Crippen molar-refractivity contribution in [3.05, 3.63) is 28.7 Å². The highest BCUT2D eigenvalue weighted by Gasteiger charge is 2.52. The lowest BCUT2D eigenvalue weighted by atomic mass is 9.69. The molecule has 53 heavy (non-hydrogen) atoms. The molecule has 3 unspecified atom stereocenters. The first-order valence-electron chi connectivity index (χ1n) is 19.2. The molecule has 3 saturated heterocycles. The fourth-order valence-corrected chi connectivity index (χ4v) is 10.4. The van der Waals surface area contributed by atoms with E-state index in [1.807, 2.05) is 17.9 Å². The Kier molecular flexibility index (Phi) is 8.96. The molecule has 3 atom stereocenters. The van der Waals surface area contributed by atoms with E-state index in [0.29, 0.717) is 70.0 Å². The molecule has 5 fully saturated rings. The molecule has 5 aliphatic rings. The zero-order valence-corrected chi connectivity index (χ0v) is 31.6. The van der Waals surface area contributed by atoms with Crippen molar-refractivity contribution in [2.45, 2.75) is 89.3 Å². The molecule has 2 aliphatic carbocycles. The Morgan fingerprint density at radius 3 is 2.64 bits per heavy atom. The van der Waals surface area contributed by atoms with Crippen LogP contribution in [0.4, 0.5) is 10.2 Å². The van der Waals surface area contributed by atoms with Crippen molar-refractivity contribution in [2.75, 3.05) is 64.7 Å². The molecule has 0 radical (unpaired) electrons. The number of ether oxygens (including phenoxy) is 4. The Morgan fingerprint density at radius 1 is 1.06 bits per heavy atom. The van der Waals surface area contributed by atoms with E-state index in [0.717, 1.165) is 57.4 Å². The summed E-state index contributed by atoms with van der Waals surface area (Å²) < 4.78 is 41.2. The second-order valence-corrected chi connectivity index (χ2v) is 17.0. The van der Waals surface area contributed by atoms with Gasteiger partial charge >= 0.3 is 6.01 Å². The number of β-amino-alcohol motifs (C(OH)–C–C–N with tert-alkyl or cyclic N) is 1. The van der Waals surface area contributed by atoms with Crippen molar-refractivity contribution in [3.8, 4) is 23.1 Å². The number of aliphatic hydroxyl groups is 1. The van der Waals surface area contributed by atoms with Crippen LogP contribution >= 0.6 is 11.6 Å². The Balaban J connectivity index is 1.11. The predicted molar refractivity (Wildman–Crippen MR) is 199 cm³/mol. The second-order valence-electron chi connectivity index (χ2n) is 16.6. The third-order valence-corrected chi connectivity index (χ3v) is 13.4. The van der Waals surface area contributed by atoms with Gasteiger partial charge in [-0.2, -0.15) is 15.1 Å². The van der Waals surface area contributed by atoms with Crippen molar-refractivity contribution >= 4 is 39.2 Å². The topological polar surface area (TPSA) is 131 Å². The van der Waals surface area contributed by atoms with E-state index in [4.69, 9.17) is 45.5 Å². The summed E-state index contributed by atoms with van der Waals surface area (Å²) in [7, 11) is 1.49. The zero-order valence-electron chi connectivity index (χ0n) is 30.8. The number of anilines is 1. The van der Waals surface area contributed by atoms with Crippen molar-refractivity contribution in [2.24, 2.45) is 10.8 Å². The molecule has 1 spiro atoms. The minimum absolute atomic E-state index is 0.00338. The van der Waals surface area contributed by atoms with Gasteiger partial charge < -0.3 is 29.0 Å². The highest BCUT2D eigenvalue weighted by atomic mass is 35.5. The average Bonchev–Trinajstić information content (AvgIpc) is 3.75. The Hall–Kier alpha value is -3.36. The zero-order chi connectivity index (χ0) is 36.5. The maximum Gasteiger partial charge on any atom is 0.319 e. The number of aromatic nitrogens is 5. The fraction of sp³-hybridized carbons (Fsp3) is 0.641. The van der Waals surface area contributed by atoms with Gasteiger partial charge in [0.1, 0.15) is 28.0 Å². The molecular weight excluding hydrogens is 701 g/mol. The average molecular weight is 750 g/mol. The van der Waals surface area contributed by atoms with E-state index in [1.54, 1.807) is 13.1 Å². The van der Waals surface area contributed by atoms with Crippen LogP contribution in [0, 0.1) is 23.6 Å². The van der Waals surface area contributed by atoms with Crippen LogP contribution in [-0.2, 0) is 9.47 Å². The number of likely N-dealkylation sites (tertiary alicyclic amines) is 1. The van der Waals surface area contributed by atoms with Crippen LogP contribution in [0.15, 0.2) is 12.3 Å². The molecule has 1 aromatic carbocycles. The lowest BCUT2D eigenvalue weighted by Gasteiger charge is -2.53. The number of rotatable bonds is 7. The minimum atomic E-state index is -1.18. The molecule has 3 aromatic heterocycles. The number of hydrogen-bond acceptors (Lipinski definition) is 11. The first-order chi connectivity index (χ1) is 25.6. The number of fused-ring (bicyclic) bond motifs is 3. The number of aromatic amines is 1. The standard InChI is InChI=1S/C39H49ClFN7O5/c1-23-16-26-25(17-42-46-26)28(30(23)40)32-31(41)33-29(35(43-32)50-3)34(47-14-15-51-19-37(2,49)18-47)45-36(44-33)53-22-39-9-4-6-27(39)48(13-5-10-39)24-7-11-38(12-8-24)20-52-21-38/h16-17,24,27,49H,4-15,18-22H2,1-3H3,(H,42,46). The van der Waals surface area contributed by atoms with Gasteiger partial charge in [-0.05, 0) is 83.4 Å². The summed E-state index contributed by atoms with van der Waals surface area (Å²) >= 11 is 6.89. The van der Waals surface area contributed by atoms with E-state index in [9.17, 15) is 5.11 Å². The normalized spacial score (nSPS) is 28.0. The Morgan fingerprint density at radius 2 is 1.87 bits per heavy atom. The summed E-state index contributed by atoms with van der Waals surface area (Å²) in [4.78, 5) is 19.2. The first kappa shape index (κ1) is 35.3. The molecule has 6 heterocycles. The highest BCUT2D eigenvalue weighted by molar-refractivity contribution is 6.35. The monoisotopic (exact) mass is 749 g/mol. The lowest BCUT2D eigenvalue weighted by molar-refractivity contribution is -0.143. The predicted octanol–water partition coefficient (Wildman–Crippen LogP) is 6.24. The van der Waals surface area contributed by atoms with Crippen molar-refractivity contribution < 1.29 is 28.4 Å². The van der Waals surface area contributed by atoms with E-state index in [2.05, 4.69) is 15.1 Å². The number of nitrogens with one attached hydrogen (secondary N) is 1. The molecule has 9 rings (SSSR count). The van der Waals surface area contributed by atoms with E-state index in [1.165, 1.54) is 32.8 Å².